The largest absolute Gasteiger partial charge is 0.477 e. The number of carbonyl (C=O) groups is 3. The average Bonchev–Trinajstić information content (AvgIpc) is 3.29. The summed E-state index contributed by atoms with van der Waals surface area (Å²) in [5.41, 5.74) is 0. The van der Waals surface area contributed by atoms with Gasteiger partial charge >= 0.3 is 5.97 Å². The number of amides is 2. The first-order valence-corrected chi connectivity index (χ1v) is 21.2. The summed E-state index contributed by atoms with van der Waals surface area (Å²) in [6.45, 7) is -3.28. The maximum atomic E-state index is 13.0. The van der Waals surface area contributed by atoms with Crippen LogP contribution in [0.4, 0.5) is 0 Å². The van der Waals surface area contributed by atoms with E-state index in [0.717, 1.165) is 13.8 Å². The van der Waals surface area contributed by atoms with E-state index in [1.165, 1.54) is 0 Å². The lowest BCUT2D eigenvalue weighted by atomic mass is 9.88. The molecular formula is C37H62N2O29. The Morgan fingerprint density at radius 2 is 1.03 bits per heavy atom. The van der Waals surface area contributed by atoms with E-state index < -0.39 is 216 Å². The summed E-state index contributed by atoms with van der Waals surface area (Å²) in [6.07, 6.45) is -47.6. The van der Waals surface area contributed by atoms with Crippen molar-refractivity contribution in [2.24, 2.45) is 0 Å². The number of ether oxygens (including phenoxy) is 9. The second-order valence-electron chi connectivity index (χ2n) is 16.8. The topological polar surface area (TPSA) is 502 Å². The van der Waals surface area contributed by atoms with Crippen LogP contribution in [0.1, 0.15) is 20.3 Å². The molecule has 0 aliphatic carbocycles. The van der Waals surface area contributed by atoms with Gasteiger partial charge in [-0.05, 0) is 0 Å². The first-order chi connectivity index (χ1) is 32.0. The number of nitrogens with one attached hydrogen (secondary N) is 2. The Morgan fingerprint density at radius 3 is 1.53 bits per heavy atom. The van der Waals surface area contributed by atoms with Crippen LogP contribution in [0.2, 0.25) is 0 Å². The Morgan fingerprint density at radius 1 is 0.574 bits per heavy atom. The molecule has 31 heteroatoms. The summed E-state index contributed by atoms with van der Waals surface area (Å²) in [6, 6.07) is -3.51. The smallest absolute Gasteiger partial charge is 0.364 e. The molecule has 19 N–H and O–H groups in total. The van der Waals surface area contributed by atoms with E-state index in [2.05, 4.69) is 10.6 Å². The van der Waals surface area contributed by atoms with Crippen molar-refractivity contribution in [3.05, 3.63) is 0 Å². The lowest BCUT2D eigenvalue weighted by molar-refractivity contribution is -0.389. The molecule has 0 aromatic rings. The molecule has 2 amide bonds. The minimum atomic E-state index is -3.19. The number of carbonyl (C=O) groups excluding carboxylic acids is 2. The van der Waals surface area contributed by atoms with E-state index in [4.69, 9.17) is 42.6 Å². The van der Waals surface area contributed by atoms with Crippen LogP contribution in [0.5, 0.6) is 0 Å². The second kappa shape index (κ2) is 23.8. The maximum Gasteiger partial charge on any atom is 0.364 e. The fourth-order valence-corrected chi connectivity index (χ4v) is 8.53. The number of carboxylic acids is 1. The molecule has 0 spiro atoms. The van der Waals surface area contributed by atoms with E-state index in [-0.39, 0.29) is 0 Å². The monoisotopic (exact) mass is 998 g/mol. The zero-order chi connectivity index (χ0) is 50.7. The van der Waals surface area contributed by atoms with Crippen molar-refractivity contribution in [1.82, 2.24) is 10.6 Å². The molecule has 0 aromatic heterocycles. The van der Waals surface area contributed by atoms with Gasteiger partial charge in [0, 0.05) is 20.3 Å². The van der Waals surface area contributed by atoms with Crippen molar-refractivity contribution < 1.29 is 144 Å². The Hall–Kier alpha value is -2.59. The molecule has 5 fully saturated rings. The maximum absolute atomic E-state index is 13.0. The van der Waals surface area contributed by atoms with Crippen LogP contribution in [-0.4, -0.2) is 297 Å². The number of aliphatic hydroxyl groups is 16. The predicted octanol–water partition coefficient (Wildman–Crippen LogP) is -12.4. The highest BCUT2D eigenvalue weighted by atomic mass is 16.8. The molecule has 5 aliphatic rings. The minimum Gasteiger partial charge on any atom is -0.477 e. The number of aliphatic hydroxyl groups excluding tert-OH is 16. The van der Waals surface area contributed by atoms with Crippen LogP contribution in [0.3, 0.4) is 0 Å². The third kappa shape index (κ3) is 11.8. The molecule has 26 atom stereocenters. The highest BCUT2D eigenvalue weighted by molar-refractivity contribution is 5.76. The van der Waals surface area contributed by atoms with Crippen molar-refractivity contribution in [3.8, 4) is 0 Å². The summed E-state index contributed by atoms with van der Waals surface area (Å²) in [4.78, 5) is 37.7. The summed E-state index contributed by atoms with van der Waals surface area (Å²) in [7, 11) is 0. The number of hydrogen-bond acceptors (Lipinski definition) is 28. The van der Waals surface area contributed by atoms with Crippen molar-refractivity contribution in [2.45, 2.75) is 179 Å². The predicted molar refractivity (Wildman–Crippen MR) is 207 cm³/mol. The third-order valence-electron chi connectivity index (χ3n) is 12.1. The SMILES string of the molecule is CC(=O)N[C@H]1[C@H](O[C@H]2[C@@H](O)[C@@H](CO)O[C@@H](OC3[C@@H](O)[C@@H](O)C(O)O[C@@H]3CO)[C@@H]2O)O[C@H](CO)[C@@H](O)[C@@H]1O[C@@H]1O[C@H](CO)[C@H](O)[C@H](O[C@]2(C(=O)O)C[C@H](O)[C@@H](NC(C)=O)[C@H]([C@H](O)[C@H](O)CO)O2)[C@H]1O. The Labute approximate surface area is 384 Å². The van der Waals surface area contributed by atoms with E-state index in [9.17, 15) is 101 Å². The number of aliphatic carboxylic acids is 1. The average molecular weight is 999 g/mol. The van der Waals surface area contributed by atoms with Gasteiger partial charge in [0.25, 0.3) is 5.79 Å². The molecule has 5 rings (SSSR count). The van der Waals surface area contributed by atoms with Crippen LogP contribution in [0.25, 0.3) is 0 Å². The lowest BCUT2D eigenvalue weighted by Crippen LogP contribution is -2.71. The molecule has 68 heavy (non-hydrogen) atoms. The molecule has 0 bridgehead atoms. The first kappa shape index (κ1) is 56.3. The highest BCUT2D eigenvalue weighted by Gasteiger charge is 2.61. The van der Waals surface area contributed by atoms with Crippen LogP contribution >= 0.6 is 0 Å². The van der Waals surface area contributed by atoms with E-state index >= 15 is 0 Å². The zero-order valence-corrected chi connectivity index (χ0v) is 36.2. The number of rotatable bonds is 18. The van der Waals surface area contributed by atoms with Crippen LogP contribution in [0, 0.1) is 0 Å². The van der Waals surface area contributed by atoms with E-state index in [1.807, 2.05) is 0 Å². The Balaban J connectivity index is 1.45. The van der Waals surface area contributed by atoms with Gasteiger partial charge in [-0.3, -0.25) is 9.59 Å². The molecule has 5 aliphatic heterocycles. The zero-order valence-electron chi connectivity index (χ0n) is 36.2. The molecule has 0 aromatic carbocycles. The molecule has 2 unspecified atom stereocenters. The number of carboxylic acid groups (broad SMARTS) is 1. The van der Waals surface area contributed by atoms with Crippen molar-refractivity contribution in [3.63, 3.8) is 0 Å². The van der Waals surface area contributed by atoms with E-state index in [0.29, 0.717) is 0 Å². The lowest BCUT2D eigenvalue weighted by Gasteiger charge is -2.51. The standard InChI is InChI=1S/C37H62N2O29/c1-9(45)38-17-11(47)3-37(36(58)59,67-29(17)19(49)12(48)4-40)68-31-22(52)15(7-43)63-35(26(31)56)65-28-18(39-10(2)46)33(61-13(5-41)20(28)50)66-30-21(51)14(6-42)62-34(25(30)55)64-27-16(8-44)60-32(57)24(54)23(27)53/h11-35,40-44,47-57H,3-8H2,1-2H3,(H,38,45)(H,39,46)(H,58,59)/t11-,12+,13+,14+,15+,16+,17+,18+,19+,20+,21-,22-,23-,24+,25+,26+,27?,28+,29+,30-,31-,32?,33-,34-,35-,37-/m0/s1. The number of hydrogen-bond donors (Lipinski definition) is 19. The van der Waals surface area contributed by atoms with Crippen LogP contribution < -0.4 is 10.6 Å². The first-order valence-electron chi connectivity index (χ1n) is 21.2. The normalized spacial score (nSPS) is 46.6. The summed E-state index contributed by atoms with van der Waals surface area (Å²) < 4.78 is 50.7. The minimum absolute atomic E-state index is 0.818. The fourth-order valence-electron chi connectivity index (χ4n) is 8.53. The van der Waals surface area contributed by atoms with Gasteiger partial charge in [-0.1, -0.05) is 0 Å². The molecule has 31 nitrogen and oxygen atoms in total. The molecule has 394 valence electrons. The molecule has 0 saturated carbocycles. The molecule has 5 saturated heterocycles. The molecule has 5 heterocycles. The van der Waals surface area contributed by atoms with Gasteiger partial charge in [0.2, 0.25) is 11.8 Å². The van der Waals surface area contributed by atoms with Gasteiger partial charge in [0.1, 0.15) is 116 Å². The van der Waals surface area contributed by atoms with Gasteiger partial charge in [-0.25, -0.2) is 4.79 Å². The Bertz CT molecular complexity index is 1660. The van der Waals surface area contributed by atoms with Gasteiger partial charge < -0.3 is 140 Å². The summed E-state index contributed by atoms with van der Waals surface area (Å²) >= 11 is 0. The highest BCUT2D eigenvalue weighted by Crippen LogP contribution is 2.39. The van der Waals surface area contributed by atoms with Gasteiger partial charge in [0.15, 0.2) is 25.2 Å². The van der Waals surface area contributed by atoms with Crippen molar-refractivity contribution in [1.29, 1.82) is 0 Å². The quantitative estimate of drug-likeness (QED) is 0.0606. The molecular weight excluding hydrogens is 936 g/mol. The van der Waals surface area contributed by atoms with E-state index in [1.54, 1.807) is 0 Å². The second-order valence-corrected chi connectivity index (χ2v) is 16.8. The van der Waals surface area contributed by atoms with Gasteiger partial charge in [-0.15, -0.1) is 0 Å². The fraction of sp³-hybridized carbons (Fsp3) is 0.919. The van der Waals surface area contributed by atoms with Crippen LogP contribution in [-0.2, 0) is 57.0 Å². The van der Waals surface area contributed by atoms with Crippen molar-refractivity contribution in [2.75, 3.05) is 33.0 Å². The van der Waals surface area contributed by atoms with Crippen molar-refractivity contribution >= 4 is 17.8 Å². The van der Waals surface area contributed by atoms with Gasteiger partial charge in [-0.2, -0.15) is 0 Å². The Kier molecular flexibility index (Phi) is 19.7. The molecule has 0 radical (unpaired) electrons. The summed E-state index contributed by atoms with van der Waals surface area (Å²) in [5.74, 6) is -6.99. The summed E-state index contributed by atoms with van der Waals surface area (Å²) in [5, 5.41) is 185. The third-order valence-corrected chi connectivity index (χ3v) is 12.1. The van der Waals surface area contributed by atoms with Crippen LogP contribution in [0.15, 0.2) is 0 Å². The van der Waals surface area contributed by atoms with Gasteiger partial charge in [0.05, 0.1) is 45.2 Å².